The van der Waals surface area contributed by atoms with Gasteiger partial charge in [-0.05, 0) is 23.8 Å². The summed E-state index contributed by atoms with van der Waals surface area (Å²) < 4.78 is 0. The molecule has 5 nitrogen and oxygen atoms in total. The van der Waals surface area contributed by atoms with Crippen molar-refractivity contribution in [3.8, 4) is 10.4 Å². The van der Waals surface area contributed by atoms with Crippen molar-refractivity contribution in [2.45, 2.75) is 12.8 Å². The Balaban J connectivity index is 1.79. The van der Waals surface area contributed by atoms with Crippen LogP contribution in [0.5, 0.6) is 0 Å². The Morgan fingerprint density at radius 3 is 2.50 bits per heavy atom. The molecule has 1 aromatic carbocycles. The summed E-state index contributed by atoms with van der Waals surface area (Å²) in [6.07, 6.45) is 2.32. The van der Waals surface area contributed by atoms with Crippen LogP contribution in [0.1, 0.15) is 22.5 Å². The number of likely N-dealkylation sites (tertiary alicyclic amines) is 1. The molecule has 0 unspecified atom stereocenters. The summed E-state index contributed by atoms with van der Waals surface area (Å²) in [7, 11) is 0. The van der Waals surface area contributed by atoms with E-state index >= 15 is 0 Å². The number of rotatable bonds is 5. The lowest BCUT2D eigenvalue weighted by molar-refractivity contribution is -0.878. The Morgan fingerprint density at radius 2 is 1.88 bits per heavy atom. The fourth-order valence-electron chi connectivity index (χ4n) is 2.90. The van der Waals surface area contributed by atoms with Crippen LogP contribution in [0, 0.1) is 0 Å². The normalized spacial score (nSPS) is 14.7. The first kappa shape index (κ1) is 17.0. The Labute approximate surface area is 149 Å². The molecule has 0 radical (unpaired) electrons. The van der Waals surface area contributed by atoms with E-state index in [9.17, 15) is 9.59 Å². The van der Waals surface area contributed by atoms with Crippen LogP contribution < -0.4 is 16.0 Å². The van der Waals surface area contributed by atoms with Gasteiger partial charge in [0.05, 0.1) is 18.8 Å². The van der Waals surface area contributed by atoms with Crippen molar-refractivity contribution in [2.75, 3.05) is 25.0 Å². The van der Waals surface area contributed by atoms with Gasteiger partial charge in [-0.2, -0.15) is 0 Å². The van der Waals surface area contributed by atoms with E-state index in [0.717, 1.165) is 36.4 Å². The summed E-state index contributed by atoms with van der Waals surface area (Å²) in [5.41, 5.74) is 6.88. The Morgan fingerprint density at radius 1 is 1.21 bits per heavy atom. The Bertz CT molecular complexity index is 752. The Hall–Kier alpha value is -1.89. The number of thiophene rings is 1. The molecule has 1 aliphatic rings. The highest BCUT2D eigenvalue weighted by Crippen LogP contribution is 2.35. The highest BCUT2D eigenvalue weighted by atomic mass is 35.5. The number of halogens is 1. The van der Waals surface area contributed by atoms with E-state index in [2.05, 4.69) is 5.32 Å². The van der Waals surface area contributed by atoms with Gasteiger partial charge >= 0.3 is 0 Å². The summed E-state index contributed by atoms with van der Waals surface area (Å²) in [6, 6.07) is 9.12. The zero-order chi connectivity index (χ0) is 17.1. The van der Waals surface area contributed by atoms with Crippen LogP contribution >= 0.6 is 22.9 Å². The van der Waals surface area contributed by atoms with E-state index < -0.39 is 5.91 Å². The Kier molecular flexibility index (Phi) is 5.18. The van der Waals surface area contributed by atoms with Crippen LogP contribution in [0.15, 0.2) is 30.3 Å². The van der Waals surface area contributed by atoms with Crippen LogP contribution in [-0.2, 0) is 4.79 Å². The van der Waals surface area contributed by atoms with Gasteiger partial charge in [-0.3, -0.25) is 9.59 Å². The lowest BCUT2D eigenvalue weighted by atomic mass is 10.2. The predicted molar refractivity (Wildman–Crippen MR) is 96.7 cm³/mol. The number of hydrogen-bond donors (Lipinski definition) is 3. The minimum absolute atomic E-state index is 0.0881. The maximum atomic E-state index is 12.2. The molecule has 4 N–H and O–H groups in total. The molecule has 0 spiro atoms. The quantitative estimate of drug-likeness (QED) is 0.756. The molecule has 1 aromatic heterocycles. The van der Waals surface area contributed by atoms with Crippen molar-refractivity contribution in [3.63, 3.8) is 0 Å². The molecule has 0 atom stereocenters. The van der Waals surface area contributed by atoms with Crippen LogP contribution in [0.4, 0.5) is 5.69 Å². The summed E-state index contributed by atoms with van der Waals surface area (Å²) in [6.45, 7) is 2.47. The molecular weight excluding hydrogens is 346 g/mol. The number of carbonyl (C=O) groups excluding carboxylic acids is 2. The summed E-state index contributed by atoms with van der Waals surface area (Å²) in [4.78, 5) is 26.4. The molecule has 3 rings (SSSR count). The molecule has 0 bridgehead atoms. The van der Waals surface area contributed by atoms with Crippen molar-refractivity contribution >= 4 is 40.4 Å². The van der Waals surface area contributed by atoms with E-state index in [1.165, 1.54) is 16.2 Å². The second kappa shape index (κ2) is 7.34. The van der Waals surface area contributed by atoms with Gasteiger partial charge in [0.2, 0.25) is 0 Å². The number of carbonyl (C=O) groups is 2. The SMILES string of the molecule is NC(=O)c1sc(-c2ccc(Cl)cc2)cc1NC(=O)C[NH+]1CCCC1. The molecule has 0 aliphatic carbocycles. The third kappa shape index (κ3) is 3.95. The summed E-state index contributed by atoms with van der Waals surface area (Å²) >= 11 is 7.18. The molecule has 1 saturated heterocycles. The molecular formula is C17H19ClN3O2S+. The monoisotopic (exact) mass is 364 g/mol. The lowest BCUT2D eigenvalue weighted by Crippen LogP contribution is -3.11. The van der Waals surface area contributed by atoms with Gasteiger partial charge in [-0.15, -0.1) is 11.3 Å². The lowest BCUT2D eigenvalue weighted by Gasteiger charge is -2.11. The molecule has 1 fully saturated rings. The van der Waals surface area contributed by atoms with Crippen LogP contribution in [0.25, 0.3) is 10.4 Å². The predicted octanol–water partition coefficient (Wildman–Crippen LogP) is 1.78. The zero-order valence-electron chi connectivity index (χ0n) is 13.1. The molecule has 2 aromatic rings. The van der Waals surface area contributed by atoms with Gasteiger partial charge in [0, 0.05) is 22.7 Å². The average molecular weight is 365 g/mol. The van der Waals surface area contributed by atoms with Crippen molar-refractivity contribution in [1.82, 2.24) is 0 Å². The van der Waals surface area contributed by atoms with Crippen LogP contribution in [0.3, 0.4) is 0 Å². The van der Waals surface area contributed by atoms with Crippen molar-refractivity contribution in [1.29, 1.82) is 0 Å². The third-order valence-corrected chi connectivity index (χ3v) is 5.53. The van der Waals surface area contributed by atoms with Gasteiger partial charge in [-0.25, -0.2) is 0 Å². The first-order valence-electron chi connectivity index (χ1n) is 7.86. The maximum absolute atomic E-state index is 12.2. The smallest absolute Gasteiger partial charge is 0.279 e. The van der Waals surface area contributed by atoms with E-state index in [4.69, 9.17) is 17.3 Å². The van der Waals surface area contributed by atoms with Gasteiger partial charge in [0.15, 0.2) is 6.54 Å². The molecule has 2 amide bonds. The number of anilines is 1. The molecule has 2 heterocycles. The van der Waals surface area contributed by atoms with E-state index in [0.29, 0.717) is 22.1 Å². The van der Waals surface area contributed by atoms with Crippen molar-refractivity contribution < 1.29 is 14.5 Å². The molecule has 7 heteroatoms. The zero-order valence-corrected chi connectivity index (χ0v) is 14.7. The van der Waals surface area contributed by atoms with Gasteiger partial charge in [-0.1, -0.05) is 23.7 Å². The summed E-state index contributed by atoms with van der Waals surface area (Å²) in [5, 5.41) is 3.49. The molecule has 0 saturated carbocycles. The van der Waals surface area contributed by atoms with Crippen LogP contribution in [0.2, 0.25) is 5.02 Å². The van der Waals surface area contributed by atoms with Crippen molar-refractivity contribution in [2.24, 2.45) is 5.73 Å². The molecule has 126 valence electrons. The van der Waals surface area contributed by atoms with Crippen LogP contribution in [-0.4, -0.2) is 31.4 Å². The highest BCUT2D eigenvalue weighted by molar-refractivity contribution is 7.18. The highest BCUT2D eigenvalue weighted by Gasteiger charge is 2.21. The number of primary amides is 1. The summed E-state index contributed by atoms with van der Waals surface area (Å²) in [5.74, 6) is -0.626. The van der Waals surface area contributed by atoms with E-state index in [1.807, 2.05) is 12.1 Å². The van der Waals surface area contributed by atoms with E-state index in [-0.39, 0.29) is 5.91 Å². The second-order valence-electron chi connectivity index (χ2n) is 5.91. The topological polar surface area (TPSA) is 76.6 Å². The average Bonchev–Trinajstić information content (AvgIpc) is 3.18. The first-order valence-corrected chi connectivity index (χ1v) is 9.05. The largest absolute Gasteiger partial charge is 0.365 e. The van der Waals surface area contributed by atoms with Crippen molar-refractivity contribution in [3.05, 3.63) is 40.2 Å². The minimum Gasteiger partial charge on any atom is -0.365 e. The fraction of sp³-hybridized carbons (Fsp3) is 0.294. The second-order valence-corrected chi connectivity index (χ2v) is 7.40. The van der Waals surface area contributed by atoms with Gasteiger partial charge in [0.25, 0.3) is 11.8 Å². The number of nitrogens with two attached hydrogens (primary N) is 1. The fourth-order valence-corrected chi connectivity index (χ4v) is 3.99. The number of benzene rings is 1. The maximum Gasteiger partial charge on any atom is 0.279 e. The molecule has 1 aliphatic heterocycles. The first-order chi connectivity index (χ1) is 11.5. The van der Waals surface area contributed by atoms with Gasteiger partial charge < -0.3 is 16.0 Å². The number of amides is 2. The number of quaternary nitrogens is 1. The number of hydrogen-bond acceptors (Lipinski definition) is 3. The number of nitrogens with one attached hydrogen (secondary N) is 2. The molecule has 24 heavy (non-hydrogen) atoms. The van der Waals surface area contributed by atoms with E-state index in [1.54, 1.807) is 18.2 Å². The van der Waals surface area contributed by atoms with Gasteiger partial charge in [0.1, 0.15) is 4.88 Å². The third-order valence-electron chi connectivity index (χ3n) is 4.08. The standard InChI is InChI=1S/C17H18ClN3O2S/c18-12-5-3-11(4-6-12)14-9-13(16(24-14)17(19)23)20-15(22)10-21-7-1-2-8-21/h3-6,9H,1-2,7-8,10H2,(H2,19,23)(H,20,22)/p+1. The minimum atomic E-state index is -0.538.